The lowest BCUT2D eigenvalue weighted by Crippen LogP contribution is -1.94. The van der Waals surface area contributed by atoms with E-state index in [-0.39, 0.29) is 0 Å². The quantitative estimate of drug-likeness (QED) is 0.770. The van der Waals surface area contributed by atoms with Crippen molar-refractivity contribution in [1.29, 1.82) is 0 Å². The van der Waals surface area contributed by atoms with Gasteiger partial charge >= 0.3 is 0 Å². The number of rotatable bonds is 3. The van der Waals surface area contributed by atoms with Crippen molar-refractivity contribution in [3.8, 4) is 0 Å². The molecule has 0 fully saturated rings. The highest BCUT2D eigenvalue weighted by Crippen LogP contribution is 2.14. The molecule has 0 aliphatic heterocycles. The molecular formula is C12H11NO3. The van der Waals surface area contributed by atoms with Gasteiger partial charge in [-0.3, -0.25) is 0 Å². The summed E-state index contributed by atoms with van der Waals surface area (Å²) in [6.45, 7) is 0. The van der Waals surface area contributed by atoms with Gasteiger partial charge in [0.1, 0.15) is 12.0 Å². The third-order valence-corrected chi connectivity index (χ3v) is 2.11. The van der Waals surface area contributed by atoms with Crippen LogP contribution < -0.4 is 0 Å². The van der Waals surface area contributed by atoms with E-state index in [1.807, 2.05) is 12.1 Å². The minimum absolute atomic E-state index is 0.460. The van der Waals surface area contributed by atoms with Crippen molar-refractivity contribution in [2.75, 3.05) is 0 Å². The van der Waals surface area contributed by atoms with Gasteiger partial charge in [-0.25, -0.2) is 4.98 Å². The van der Waals surface area contributed by atoms with Gasteiger partial charge < -0.3 is 14.6 Å². The predicted molar refractivity (Wildman–Crippen MR) is 59.1 cm³/mol. The Morgan fingerprint density at radius 1 is 1.25 bits per heavy atom. The molecule has 1 aromatic carbocycles. The molecule has 4 nitrogen and oxygen atoms in total. The van der Waals surface area contributed by atoms with Gasteiger partial charge in [-0.1, -0.05) is 24.3 Å². The van der Waals surface area contributed by atoms with Gasteiger partial charge in [0.15, 0.2) is 12.7 Å². The van der Waals surface area contributed by atoms with E-state index in [9.17, 15) is 0 Å². The van der Waals surface area contributed by atoms with Gasteiger partial charge in [-0.05, 0) is 17.7 Å². The number of oxazole rings is 1. The number of aliphatic hydroxyl groups is 2. The van der Waals surface area contributed by atoms with Crippen molar-refractivity contribution in [1.82, 2.24) is 4.98 Å². The Bertz CT molecular complexity index is 475. The van der Waals surface area contributed by atoms with Crippen LogP contribution in [0, 0.1) is 0 Å². The molecule has 0 amide bonds. The monoisotopic (exact) mass is 217 g/mol. The van der Waals surface area contributed by atoms with Crippen LogP contribution in [0.3, 0.4) is 0 Å². The molecule has 0 saturated heterocycles. The molecule has 0 unspecified atom stereocenters. The maximum absolute atomic E-state index is 9.00. The maximum atomic E-state index is 9.00. The van der Waals surface area contributed by atoms with Crippen molar-refractivity contribution in [2.45, 2.75) is 6.29 Å². The highest BCUT2D eigenvalue weighted by molar-refractivity contribution is 5.67. The molecule has 0 bridgehead atoms. The molecule has 2 N–H and O–H groups in total. The highest BCUT2D eigenvalue weighted by Gasteiger charge is 2.01. The minimum atomic E-state index is -1.44. The van der Waals surface area contributed by atoms with E-state index < -0.39 is 6.29 Å². The minimum Gasteiger partial charge on any atom is -0.451 e. The summed E-state index contributed by atoms with van der Waals surface area (Å²) in [7, 11) is 0. The summed E-state index contributed by atoms with van der Waals surface area (Å²) in [5.74, 6) is 0. The molecule has 16 heavy (non-hydrogen) atoms. The Balaban J connectivity index is 2.18. The fourth-order valence-electron chi connectivity index (χ4n) is 1.31. The zero-order chi connectivity index (χ0) is 11.4. The number of benzene rings is 1. The van der Waals surface area contributed by atoms with Gasteiger partial charge in [0.25, 0.3) is 0 Å². The third kappa shape index (κ3) is 2.56. The van der Waals surface area contributed by atoms with Crippen LogP contribution in [0.2, 0.25) is 0 Å². The molecule has 2 aromatic rings. The first-order valence-electron chi connectivity index (χ1n) is 4.78. The zero-order valence-electron chi connectivity index (χ0n) is 8.45. The fourth-order valence-corrected chi connectivity index (χ4v) is 1.31. The van der Waals surface area contributed by atoms with Gasteiger partial charge in [-0.2, -0.15) is 0 Å². The summed E-state index contributed by atoms with van der Waals surface area (Å²) >= 11 is 0. The Hall–Kier alpha value is -1.91. The first kappa shape index (κ1) is 10.6. The Morgan fingerprint density at radius 2 is 2.12 bits per heavy atom. The molecule has 2 rings (SSSR count). The van der Waals surface area contributed by atoms with Crippen molar-refractivity contribution in [2.24, 2.45) is 0 Å². The van der Waals surface area contributed by atoms with Gasteiger partial charge in [0, 0.05) is 5.56 Å². The average molecular weight is 217 g/mol. The summed E-state index contributed by atoms with van der Waals surface area (Å²) in [6.07, 6.45) is 5.05. The molecule has 4 heteroatoms. The molecule has 0 spiro atoms. The Morgan fingerprint density at radius 3 is 2.81 bits per heavy atom. The highest BCUT2D eigenvalue weighted by atomic mass is 16.5. The van der Waals surface area contributed by atoms with Crippen LogP contribution in [0.5, 0.6) is 0 Å². The molecule has 0 aliphatic rings. The van der Waals surface area contributed by atoms with Gasteiger partial charge in [0.2, 0.25) is 0 Å². The van der Waals surface area contributed by atoms with E-state index in [1.54, 1.807) is 24.3 Å². The molecule has 82 valence electrons. The molecular weight excluding hydrogens is 206 g/mol. The van der Waals surface area contributed by atoms with E-state index in [2.05, 4.69) is 4.98 Å². The molecule has 1 aromatic heterocycles. The fraction of sp³-hybridized carbons (Fsp3) is 0.0833. The predicted octanol–water partition coefficient (Wildman–Crippen LogP) is 1.83. The van der Waals surface area contributed by atoms with E-state index in [1.165, 1.54) is 12.7 Å². The summed E-state index contributed by atoms with van der Waals surface area (Å²) in [5.41, 5.74) is 2.05. The summed E-state index contributed by atoms with van der Waals surface area (Å²) in [5, 5.41) is 18.0. The molecule has 0 saturated carbocycles. The number of nitrogens with zero attached hydrogens (tertiary/aromatic N) is 1. The smallest absolute Gasteiger partial charge is 0.181 e. The zero-order valence-corrected chi connectivity index (χ0v) is 8.45. The van der Waals surface area contributed by atoms with Crippen molar-refractivity contribution in [3.05, 3.63) is 53.7 Å². The van der Waals surface area contributed by atoms with E-state index in [4.69, 9.17) is 14.6 Å². The van der Waals surface area contributed by atoms with Crippen molar-refractivity contribution in [3.63, 3.8) is 0 Å². The van der Waals surface area contributed by atoms with Crippen molar-refractivity contribution < 1.29 is 14.6 Å². The number of hydrogen-bond acceptors (Lipinski definition) is 4. The second kappa shape index (κ2) is 4.74. The van der Waals surface area contributed by atoms with Gasteiger partial charge in [-0.15, -0.1) is 0 Å². The molecule has 0 radical (unpaired) electrons. The maximum Gasteiger partial charge on any atom is 0.181 e. The molecule has 0 atom stereocenters. The molecule has 0 aliphatic carbocycles. The van der Waals surface area contributed by atoms with Crippen molar-refractivity contribution >= 4 is 12.2 Å². The second-order valence-corrected chi connectivity index (χ2v) is 3.29. The largest absolute Gasteiger partial charge is 0.451 e. The van der Waals surface area contributed by atoms with Gasteiger partial charge in [0.05, 0.1) is 0 Å². The standard InChI is InChI=1S/C12H11NO3/c14-12(15)10-3-1-2-9(6-10)4-5-11-7-16-8-13-11/h1-8,12,14-15H/b5-4+. The van der Waals surface area contributed by atoms with E-state index in [0.717, 1.165) is 11.3 Å². The number of aliphatic hydroxyl groups excluding tert-OH is 1. The number of aromatic nitrogens is 1. The van der Waals surface area contributed by atoms with Crippen LogP contribution in [0.4, 0.5) is 0 Å². The lowest BCUT2D eigenvalue weighted by molar-refractivity contribution is -0.0424. The first-order valence-corrected chi connectivity index (χ1v) is 4.78. The topological polar surface area (TPSA) is 66.5 Å². The summed E-state index contributed by atoms with van der Waals surface area (Å²) < 4.78 is 4.82. The van der Waals surface area contributed by atoms with Crippen LogP contribution in [0.1, 0.15) is 23.1 Å². The van der Waals surface area contributed by atoms with Crippen LogP contribution in [-0.2, 0) is 0 Å². The Labute approximate surface area is 92.5 Å². The van der Waals surface area contributed by atoms with Crippen LogP contribution >= 0.6 is 0 Å². The SMILES string of the molecule is OC(O)c1cccc(/C=C/c2cocn2)c1. The van der Waals surface area contributed by atoms with Crippen LogP contribution in [0.15, 0.2) is 41.3 Å². The lowest BCUT2D eigenvalue weighted by Gasteiger charge is -2.03. The second-order valence-electron chi connectivity index (χ2n) is 3.29. The average Bonchev–Trinajstić information content (AvgIpc) is 2.79. The lowest BCUT2D eigenvalue weighted by atomic mass is 10.1. The van der Waals surface area contributed by atoms with Crippen LogP contribution in [0.25, 0.3) is 12.2 Å². The van der Waals surface area contributed by atoms with E-state index in [0.29, 0.717) is 5.56 Å². The number of hydrogen-bond donors (Lipinski definition) is 2. The first-order chi connectivity index (χ1) is 7.75. The van der Waals surface area contributed by atoms with Crippen LogP contribution in [-0.4, -0.2) is 15.2 Å². The summed E-state index contributed by atoms with van der Waals surface area (Å²) in [6, 6.07) is 6.97. The normalized spacial score (nSPS) is 11.4. The Kier molecular flexibility index (Phi) is 3.14. The molecule has 1 heterocycles. The van der Waals surface area contributed by atoms with E-state index >= 15 is 0 Å². The summed E-state index contributed by atoms with van der Waals surface area (Å²) in [4.78, 5) is 3.94. The third-order valence-electron chi connectivity index (χ3n) is 2.11.